The minimum atomic E-state index is -0.480. The molecule has 0 fully saturated rings. The number of aromatic amines is 1. The first-order valence-electron chi connectivity index (χ1n) is 8.18. The van der Waals surface area contributed by atoms with Crippen LogP contribution in [0.2, 0.25) is 5.02 Å². The van der Waals surface area contributed by atoms with Crippen LogP contribution >= 0.6 is 11.6 Å². The van der Waals surface area contributed by atoms with E-state index in [2.05, 4.69) is 10.2 Å². The second kappa shape index (κ2) is 6.78. The summed E-state index contributed by atoms with van der Waals surface area (Å²) in [4.78, 5) is 12.7. The summed E-state index contributed by atoms with van der Waals surface area (Å²) in [7, 11) is 0. The van der Waals surface area contributed by atoms with Crippen LogP contribution in [0.1, 0.15) is 11.6 Å². The van der Waals surface area contributed by atoms with Gasteiger partial charge in [0, 0.05) is 22.7 Å². The maximum atomic E-state index is 12.7. The highest BCUT2D eigenvalue weighted by Gasteiger charge is 2.15. The van der Waals surface area contributed by atoms with Crippen LogP contribution < -0.4 is 5.56 Å². The van der Waals surface area contributed by atoms with E-state index in [4.69, 9.17) is 11.6 Å². The number of halogens is 1. The number of hydrogen-bond donors (Lipinski definition) is 2. The minimum Gasteiger partial charge on any atom is -0.394 e. The van der Waals surface area contributed by atoms with Crippen molar-refractivity contribution in [2.45, 2.75) is 6.04 Å². The van der Waals surface area contributed by atoms with Crippen LogP contribution in [0.5, 0.6) is 0 Å². The second-order valence-corrected chi connectivity index (χ2v) is 6.52. The number of aromatic nitrogens is 3. The summed E-state index contributed by atoms with van der Waals surface area (Å²) in [5, 5.41) is 18.3. The zero-order chi connectivity index (χ0) is 18.1. The van der Waals surface area contributed by atoms with Gasteiger partial charge in [0.2, 0.25) is 0 Å². The Balaban J connectivity index is 1.74. The van der Waals surface area contributed by atoms with E-state index in [0.717, 1.165) is 27.6 Å². The van der Waals surface area contributed by atoms with E-state index in [0.29, 0.717) is 5.02 Å². The van der Waals surface area contributed by atoms with Crippen LogP contribution in [0.15, 0.2) is 71.8 Å². The highest BCUT2D eigenvalue weighted by atomic mass is 35.5. The number of aliphatic hydroxyl groups is 1. The van der Waals surface area contributed by atoms with E-state index in [1.807, 2.05) is 30.3 Å². The molecule has 4 aromatic rings. The third-order valence-corrected chi connectivity index (χ3v) is 4.70. The number of H-pyrrole nitrogens is 1. The molecule has 0 aliphatic carbocycles. The number of nitrogens with one attached hydrogen (secondary N) is 1. The standard InChI is InChI=1S/C20H16ClN3O2/c21-17-3-1-2-15(9-17)19(12-25)24-7-6-14(10-20(24)26)13-4-5-18-16(8-13)11-22-23-18/h1-11,19,25H,12H2,(H,22,23)/t19-/m1/s1. The van der Waals surface area contributed by atoms with Crippen molar-refractivity contribution in [3.05, 3.63) is 87.9 Å². The number of benzene rings is 2. The number of fused-ring (bicyclic) bond motifs is 1. The quantitative estimate of drug-likeness (QED) is 0.580. The van der Waals surface area contributed by atoms with E-state index >= 15 is 0 Å². The molecule has 1 atom stereocenters. The summed E-state index contributed by atoms with van der Waals surface area (Å²) in [5.74, 6) is 0. The van der Waals surface area contributed by atoms with Crippen LogP contribution in [0.3, 0.4) is 0 Å². The number of hydrogen-bond acceptors (Lipinski definition) is 3. The highest BCUT2D eigenvalue weighted by Crippen LogP contribution is 2.24. The Hall–Kier alpha value is -2.89. The molecule has 26 heavy (non-hydrogen) atoms. The van der Waals surface area contributed by atoms with Crippen LogP contribution in [0, 0.1) is 0 Å². The van der Waals surface area contributed by atoms with Gasteiger partial charge in [-0.3, -0.25) is 9.89 Å². The van der Waals surface area contributed by atoms with Gasteiger partial charge in [-0.05, 0) is 47.0 Å². The molecule has 0 amide bonds. The average molecular weight is 366 g/mol. The molecule has 0 bridgehead atoms. The van der Waals surface area contributed by atoms with E-state index in [9.17, 15) is 9.90 Å². The summed E-state index contributed by atoms with van der Waals surface area (Å²) in [6.45, 7) is -0.194. The smallest absolute Gasteiger partial charge is 0.251 e. The molecule has 0 saturated carbocycles. The Bertz CT molecular complexity index is 1130. The number of pyridine rings is 1. The van der Waals surface area contributed by atoms with Gasteiger partial charge >= 0.3 is 0 Å². The topological polar surface area (TPSA) is 70.9 Å². The number of nitrogens with zero attached hydrogens (tertiary/aromatic N) is 2. The molecule has 0 aliphatic rings. The van der Waals surface area contributed by atoms with Gasteiger partial charge in [-0.2, -0.15) is 5.10 Å². The average Bonchev–Trinajstić information content (AvgIpc) is 3.11. The molecule has 2 aromatic carbocycles. The monoisotopic (exact) mass is 365 g/mol. The Morgan fingerprint density at radius 2 is 1.96 bits per heavy atom. The molecule has 130 valence electrons. The molecule has 0 spiro atoms. The van der Waals surface area contributed by atoms with E-state index in [-0.39, 0.29) is 12.2 Å². The first-order valence-corrected chi connectivity index (χ1v) is 8.55. The molecule has 2 heterocycles. The predicted molar refractivity (Wildman–Crippen MR) is 102 cm³/mol. The number of aliphatic hydroxyl groups excluding tert-OH is 1. The van der Waals surface area contributed by atoms with Gasteiger partial charge in [-0.15, -0.1) is 0 Å². The Labute approximate surface area is 154 Å². The van der Waals surface area contributed by atoms with Crippen LogP contribution in [0.25, 0.3) is 22.0 Å². The molecule has 5 nitrogen and oxygen atoms in total. The predicted octanol–water partition coefficient (Wildman–Crippen LogP) is 3.63. The van der Waals surface area contributed by atoms with E-state index in [1.54, 1.807) is 36.7 Å². The normalized spacial score (nSPS) is 12.4. The Morgan fingerprint density at radius 1 is 1.12 bits per heavy atom. The molecule has 2 aromatic heterocycles. The van der Waals surface area contributed by atoms with Crippen LogP contribution in [-0.4, -0.2) is 26.5 Å². The fourth-order valence-corrected chi connectivity index (χ4v) is 3.32. The fourth-order valence-electron chi connectivity index (χ4n) is 3.12. The van der Waals surface area contributed by atoms with Gasteiger partial charge in [-0.1, -0.05) is 29.8 Å². The lowest BCUT2D eigenvalue weighted by molar-refractivity contribution is 0.247. The third-order valence-electron chi connectivity index (χ3n) is 4.46. The molecular weight excluding hydrogens is 350 g/mol. The maximum absolute atomic E-state index is 12.7. The van der Waals surface area contributed by atoms with Gasteiger partial charge in [-0.25, -0.2) is 0 Å². The van der Waals surface area contributed by atoms with Crippen molar-refractivity contribution in [3.63, 3.8) is 0 Å². The van der Waals surface area contributed by atoms with Crippen LogP contribution in [-0.2, 0) is 0 Å². The molecule has 0 saturated heterocycles. The molecule has 0 radical (unpaired) electrons. The summed E-state index contributed by atoms with van der Waals surface area (Å²) in [6.07, 6.45) is 3.46. The summed E-state index contributed by atoms with van der Waals surface area (Å²) >= 11 is 6.04. The molecular formula is C20H16ClN3O2. The lowest BCUT2D eigenvalue weighted by Gasteiger charge is -2.18. The van der Waals surface area contributed by atoms with E-state index < -0.39 is 6.04 Å². The SMILES string of the molecule is O=c1cc(-c2ccc3[nH]ncc3c2)ccn1[C@H](CO)c1cccc(Cl)c1. The first kappa shape index (κ1) is 16.6. The highest BCUT2D eigenvalue weighted by molar-refractivity contribution is 6.30. The summed E-state index contributed by atoms with van der Waals surface area (Å²) in [5.41, 5.74) is 3.30. The fraction of sp³-hybridized carbons (Fsp3) is 0.100. The van der Waals surface area contributed by atoms with E-state index in [1.165, 1.54) is 4.57 Å². The lowest BCUT2D eigenvalue weighted by atomic mass is 10.0. The minimum absolute atomic E-state index is 0.186. The Morgan fingerprint density at radius 3 is 2.73 bits per heavy atom. The van der Waals surface area contributed by atoms with Gasteiger partial charge in [0.25, 0.3) is 5.56 Å². The Kier molecular flexibility index (Phi) is 4.32. The molecule has 6 heteroatoms. The molecule has 0 aliphatic heterocycles. The van der Waals surface area contributed by atoms with Crippen molar-refractivity contribution in [3.8, 4) is 11.1 Å². The van der Waals surface area contributed by atoms with Crippen molar-refractivity contribution in [1.29, 1.82) is 0 Å². The number of rotatable bonds is 4. The van der Waals surface area contributed by atoms with Crippen molar-refractivity contribution >= 4 is 22.5 Å². The summed E-state index contributed by atoms with van der Waals surface area (Å²) in [6, 6.07) is 16.0. The van der Waals surface area contributed by atoms with Crippen LogP contribution in [0.4, 0.5) is 0 Å². The molecule has 4 rings (SSSR count). The van der Waals surface area contributed by atoms with Crippen molar-refractivity contribution in [2.75, 3.05) is 6.61 Å². The maximum Gasteiger partial charge on any atom is 0.251 e. The molecule has 0 unspecified atom stereocenters. The second-order valence-electron chi connectivity index (χ2n) is 6.09. The first-order chi connectivity index (χ1) is 12.7. The molecule has 2 N–H and O–H groups in total. The van der Waals surface area contributed by atoms with Gasteiger partial charge in [0.05, 0.1) is 24.4 Å². The van der Waals surface area contributed by atoms with Gasteiger partial charge in [0.1, 0.15) is 0 Å². The zero-order valence-corrected chi connectivity index (χ0v) is 14.5. The van der Waals surface area contributed by atoms with Gasteiger partial charge < -0.3 is 9.67 Å². The zero-order valence-electron chi connectivity index (χ0n) is 13.8. The van der Waals surface area contributed by atoms with Crippen molar-refractivity contribution < 1.29 is 5.11 Å². The third kappa shape index (κ3) is 3.03. The van der Waals surface area contributed by atoms with Crippen molar-refractivity contribution in [2.24, 2.45) is 0 Å². The lowest BCUT2D eigenvalue weighted by Crippen LogP contribution is -2.26. The summed E-state index contributed by atoms with van der Waals surface area (Å²) < 4.78 is 1.52. The van der Waals surface area contributed by atoms with Gasteiger partial charge in [0.15, 0.2) is 0 Å². The van der Waals surface area contributed by atoms with Crippen molar-refractivity contribution in [1.82, 2.24) is 14.8 Å². The largest absolute Gasteiger partial charge is 0.394 e.